The fourth-order valence-corrected chi connectivity index (χ4v) is 4.21. The van der Waals surface area contributed by atoms with Gasteiger partial charge in [-0.1, -0.05) is 42.5 Å². The monoisotopic (exact) mass is 375 g/mol. The molecule has 27 heavy (non-hydrogen) atoms. The minimum atomic E-state index is -0.0736. The van der Waals surface area contributed by atoms with E-state index in [1.165, 1.54) is 22.5 Å². The second kappa shape index (κ2) is 7.00. The molecule has 0 fully saturated rings. The summed E-state index contributed by atoms with van der Waals surface area (Å²) in [6.07, 6.45) is 0. The molecule has 4 nitrogen and oxygen atoms in total. The van der Waals surface area contributed by atoms with Gasteiger partial charge in [-0.15, -0.1) is 11.3 Å². The van der Waals surface area contributed by atoms with E-state index in [4.69, 9.17) is 0 Å². The Morgan fingerprint density at radius 3 is 2.63 bits per heavy atom. The van der Waals surface area contributed by atoms with E-state index in [0.29, 0.717) is 11.4 Å². The van der Waals surface area contributed by atoms with Crippen LogP contribution in [0.15, 0.2) is 54.6 Å². The molecule has 1 N–H and O–H groups in total. The van der Waals surface area contributed by atoms with E-state index in [9.17, 15) is 4.79 Å². The number of benzene rings is 2. The molecule has 0 bridgehead atoms. The number of hydrogen-bond donors (Lipinski definition) is 1. The van der Waals surface area contributed by atoms with Crippen LogP contribution >= 0.6 is 11.3 Å². The van der Waals surface area contributed by atoms with Gasteiger partial charge in [0.05, 0.1) is 17.1 Å². The SMILES string of the molecule is Cc1cccc(NC(=O)c2cc3c(C)nn(Cc4ccccc4)c3s2)c1C. The third kappa shape index (κ3) is 3.38. The van der Waals surface area contributed by atoms with Crippen molar-refractivity contribution in [1.82, 2.24) is 9.78 Å². The second-order valence-electron chi connectivity index (χ2n) is 6.76. The Bertz CT molecular complexity index is 1130. The van der Waals surface area contributed by atoms with Gasteiger partial charge >= 0.3 is 0 Å². The zero-order valence-electron chi connectivity index (χ0n) is 15.6. The van der Waals surface area contributed by atoms with E-state index in [1.54, 1.807) is 0 Å². The van der Waals surface area contributed by atoms with Gasteiger partial charge in [0.15, 0.2) is 0 Å². The highest BCUT2D eigenvalue weighted by Gasteiger charge is 2.17. The molecule has 0 aliphatic heterocycles. The van der Waals surface area contributed by atoms with Gasteiger partial charge < -0.3 is 5.32 Å². The number of aryl methyl sites for hydroxylation is 2. The molecule has 2 heterocycles. The largest absolute Gasteiger partial charge is 0.321 e. The number of fused-ring (bicyclic) bond motifs is 1. The first kappa shape index (κ1) is 17.5. The Kier molecular flexibility index (Phi) is 4.54. The number of nitrogens with zero attached hydrogens (tertiary/aromatic N) is 2. The van der Waals surface area contributed by atoms with Crippen molar-refractivity contribution in [2.75, 3.05) is 5.32 Å². The van der Waals surface area contributed by atoms with Crippen LogP contribution in [0, 0.1) is 20.8 Å². The maximum Gasteiger partial charge on any atom is 0.265 e. The van der Waals surface area contributed by atoms with Gasteiger partial charge in [0.25, 0.3) is 5.91 Å². The van der Waals surface area contributed by atoms with Crippen LogP contribution in [0.3, 0.4) is 0 Å². The van der Waals surface area contributed by atoms with Crippen LogP contribution in [0.4, 0.5) is 5.69 Å². The highest BCUT2D eigenvalue weighted by molar-refractivity contribution is 7.20. The summed E-state index contributed by atoms with van der Waals surface area (Å²) in [5, 5.41) is 8.74. The van der Waals surface area contributed by atoms with E-state index in [-0.39, 0.29) is 5.91 Å². The highest BCUT2D eigenvalue weighted by atomic mass is 32.1. The Labute approximate surface area is 162 Å². The maximum absolute atomic E-state index is 12.8. The average molecular weight is 375 g/mol. The van der Waals surface area contributed by atoms with Crippen molar-refractivity contribution in [3.8, 4) is 0 Å². The lowest BCUT2D eigenvalue weighted by Gasteiger charge is -2.09. The van der Waals surface area contributed by atoms with Gasteiger partial charge in [0.2, 0.25) is 0 Å². The molecule has 0 aliphatic carbocycles. The van der Waals surface area contributed by atoms with Crippen LogP contribution in [-0.4, -0.2) is 15.7 Å². The Balaban J connectivity index is 1.64. The van der Waals surface area contributed by atoms with Gasteiger partial charge in [-0.2, -0.15) is 5.10 Å². The third-order valence-corrected chi connectivity index (χ3v) is 6.01. The molecular formula is C22H21N3OS. The first-order valence-electron chi connectivity index (χ1n) is 8.91. The molecule has 0 unspecified atom stereocenters. The van der Waals surface area contributed by atoms with Crippen LogP contribution in [0.2, 0.25) is 0 Å². The Morgan fingerprint density at radius 2 is 1.85 bits per heavy atom. The van der Waals surface area contributed by atoms with Crippen molar-refractivity contribution in [3.05, 3.63) is 81.9 Å². The van der Waals surface area contributed by atoms with E-state index in [2.05, 4.69) is 22.5 Å². The summed E-state index contributed by atoms with van der Waals surface area (Å²) in [5.41, 5.74) is 5.26. The summed E-state index contributed by atoms with van der Waals surface area (Å²) < 4.78 is 1.99. The van der Waals surface area contributed by atoms with Crippen molar-refractivity contribution in [2.45, 2.75) is 27.3 Å². The lowest BCUT2D eigenvalue weighted by Crippen LogP contribution is -2.11. The first-order valence-corrected chi connectivity index (χ1v) is 9.73. The van der Waals surface area contributed by atoms with Crippen molar-refractivity contribution >= 4 is 33.1 Å². The standard InChI is InChI=1S/C22H21N3OS/c1-14-8-7-11-19(15(14)2)23-21(26)20-12-18-16(3)24-25(22(18)27-20)13-17-9-5-4-6-10-17/h4-12H,13H2,1-3H3,(H,23,26). The predicted molar refractivity (Wildman–Crippen MR) is 112 cm³/mol. The predicted octanol–water partition coefficient (Wildman–Crippen LogP) is 5.32. The molecular weight excluding hydrogens is 354 g/mol. The molecule has 0 atom stereocenters. The molecule has 4 rings (SSSR count). The molecule has 2 aromatic heterocycles. The zero-order valence-corrected chi connectivity index (χ0v) is 16.4. The van der Waals surface area contributed by atoms with E-state index in [0.717, 1.165) is 27.2 Å². The van der Waals surface area contributed by atoms with Crippen molar-refractivity contribution in [3.63, 3.8) is 0 Å². The van der Waals surface area contributed by atoms with Gasteiger partial charge in [-0.05, 0) is 49.6 Å². The molecule has 0 aliphatic rings. The number of rotatable bonds is 4. The van der Waals surface area contributed by atoms with Crippen molar-refractivity contribution in [2.24, 2.45) is 0 Å². The Hall–Kier alpha value is -2.92. The fraction of sp³-hybridized carbons (Fsp3) is 0.182. The molecule has 1 amide bonds. The van der Waals surface area contributed by atoms with Crippen LogP contribution in [-0.2, 0) is 6.54 Å². The second-order valence-corrected chi connectivity index (χ2v) is 7.79. The molecule has 0 spiro atoms. The zero-order chi connectivity index (χ0) is 19.0. The smallest absolute Gasteiger partial charge is 0.265 e. The Morgan fingerprint density at radius 1 is 1.07 bits per heavy atom. The van der Waals surface area contributed by atoms with Gasteiger partial charge in [0.1, 0.15) is 4.83 Å². The summed E-state index contributed by atoms with van der Waals surface area (Å²) in [5.74, 6) is -0.0736. The summed E-state index contributed by atoms with van der Waals surface area (Å²) in [6.45, 7) is 6.76. The fourth-order valence-electron chi connectivity index (χ4n) is 3.16. The molecule has 136 valence electrons. The lowest BCUT2D eigenvalue weighted by atomic mass is 10.1. The third-order valence-electron chi connectivity index (χ3n) is 4.86. The van der Waals surface area contributed by atoms with Crippen LogP contribution in [0.25, 0.3) is 10.2 Å². The van der Waals surface area contributed by atoms with E-state index < -0.39 is 0 Å². The number of thiophene rings is 1. The molecule has 0 saturated heterocycles. The van der Waals surface area contributed by atoms with Gasteiger partial charge in [-0.25, -0.2) is 0 Å². The average Bonchev–Trinajstić information content (AvgIpc) is 3.22. The number of hydrogen-bond acceptors (Lipinski definition) is 3. The lowest BCUT2D eigenvalue weighted by molar-refractivity contribution is 0.103. The summed E-state index contributed by atoms with van der Waals surface area (Å²) in [7, 11) is 0. The molecule has 4 aromatic rings. The number of carbonyl (C=O) groups is 1. The first-order chi connectivity index (χ1) is 13.0. The normalized spacial score (nSPS) is 11.1. The molecule has 0 saturated carbocycles. The highest BCUT2D eigenvalue weighted by Crippen LogP contribution is 2.30. The number of nitrogens with one attached hydrogen (secondary N) is 1. The number of aromatic nitrogens is 2. The number of carbonyl (C=O) groups excluding carboxylic acids is 1. The van der Waals surface area contributed by atoms with Gasteiger partial charge in [0, 0.05) is 11.1 Å². The molecule has 0 radical (unpaired) electrons. The van der Waals surface area contributed by atoms with E-state index >= 15 is 0 Å². The minimum absolute atomic E-state index is 0.0736. The van der Waals surface area contributed by atoms with Crippen molar-refractivity contribution in [1.29, 1.82) is 0 Å². The topological polar surface area (TPSA) is 46.9 Å². The quantitative estimate of drug-likeness (QED) is 0.524. The van der Waals surface area contributed by atoms with Crippen LogP contribution in [0.5, 0.6) is 0 Å². The summed E-state index contributed by atoms with van der Waals surface area (Å²) in [4.78, 5) is 14.5. The molecule has 2 aromatic carbocycles. The summed E-state index contributed by atoms with van der Waals surface area (Å²) in [6, 6.07) is 18.1. The van der Waals surface area contributed by atoms with Crippen molar-refractivity contribution < 1.29 is 4.79 Å². The van der Waals surface area contributed by atoms with E-state index in [1.807, 2.05) is 67.9 Å². The van der Waals surface area contributed by atoms with Crippen LogP contribution in [0.1, 0.15) is 32.1 Å². The molecule has 5 heteroatoms. The van der Waals surface area contributed by atoms with Crippen LogP contribution < -0.4 is 5.32 Å². The minimum Gasteiger partial charge on any atom is -0.321 e. The summed E-state index contributed by atoms with van der Waals surface area (Å²) >= 11 is 1.49. The number of anilines is 1. The number of amides is 1. The maximum atomic E-state index is 12.8. The van der Waals surface area contributed by atoms with Gasteiger partial charge in [-0.3, -0.25) is 9.48 Å².